The Kier molecular flexibility index (Phi) is 3.10. The minimum atomic E-state index is -0.918. The van der Waals surface area contributed by atoms with Gasteiger partial charge in [-0.15, -0.1) is 0 Å². The van der Waals surface area contributed by atoms with Crippen molar-refractivity contribution in [1.29, 1.82) is 0 Å². The molecule has 2 unspecified atom stereocenters. The van der Waals surface area contributed by atoms with Crippen molar-refractivity contribution in [2.24, 2.45) is 5.73 Å². The minimum Gasteiger partial charge on any atom is -0.465 e. The molecule has 0 spiro atoms. The number of nitrogens with two attached hydrogens (primary N) is 1. The van der Waals surface area contributed by atoms with Gasteiger partial charge in [-0.2, -0.15) is 0 Å². The maximum atomic E-state index is 10.9. The normalized spacial score (nSPS) is 25.4. The molecule has 1 saturated heterocycles. The second-order valence-electron chi connectivity index (χ2n) is 4.18. The largest absolute Gasteiger partial charge is 0.465 e. The van der Waals surface area contributed by atoms with Gasteiger partial charge in [-0.05, 0) is 24.3 Å². The fraction of sp³-hybridized carbons (Fsp3) is 0.417. The van der Waals surface area contributed by atoms with E-state index in [9.17, 15) is 4.79 Å². The highest BCUT2D eigenvalue weighted by molar-refractivity contribution is 5.65. The number of rotatable bonds is 1. The van der Waals surface area contributed by atoms with Crippen molar-refractivity contribution in [2.75, 3.05) is 6.54 Å². The van der Waals surface area contributed by atoms with E-state index in [0.29, 0.717) is 18.9 Å². The van der Waals surface area contributed by atoms with Gasteiger partial charge in [-0.1, -0.05) is 30.3 Å². The lowest BCUT2D eigenvalue weighted by Crippen LogP contribution is -2.49. The first-order valence-corrected chi connectivity index (χ1v) is 5.48. The van der Waals surface area contributed by atoms with Gasteiger partial charge in [0.1, 0.15) is 0 Å². The highest BCUT2D eigenvalue weighted by Crippen LogP contribution is 2.29. The summed E-state index contributed by atoms with van der Waals surface area (Å²) < 4.78 is 0. The van der Waals surface area contributed by atoms with Crippen LogP contribution in [0.15, 0.2) is 30.3 Å². The Hall–Kier alpha value is -1.55. The maximum absolute atomic E-state index is 10.9. The molecule has 2 rings (SSSR count). The van der Waals surface area contributed by atoms with Crippen LogP contribution in [-0.2, 0) is 0 Å². The molecule has 0 aromatic heterocycles. The molecular formula is C12H16N2O2. The van der Waals surface area contributed by atoms with E-state index in [-0.39, 0.29) is 6.17 Å². The first-order valence-electron chi connectivity index (χ1n) is 5.48. The molecule has 3 N–H and O–H groups in total. The van der Waals surface area contributed by atoms with Gasteiger partial charge < -0.3 is 10.8 Å². The van der Waals surface area contributed by atoms with Gasteiger partial charge in [0.25, 0.3) is 0 Å². The van der Waals surface area contributed by atoms with Gasteiger partial charge in [0.15, 0.2) is 0 Å². The first kappa shape index (κ1) is 11.0. The van der Waals surface area contributed by atoms with Crippen LogP contribution in [0.4, 0.5) is 4.79 Å². The molecule has 0 saturated carbocycles. The van der Waals surface area contributed by atoms with Crippen LogP contribution in [0.3, 0.4) is 0 Å². The zero-order chi connectivity index (χ0) is 11.5. The van der Waals surface area contributed by atoms with Gasteiger partial charge in [0.2, 0.25) is 0 Å². The van der Waals surface area contributed by atoms with Crippen LogP contribution < -0.4 is 5.73 Å². The average molecular weight is 220 g/mol. The van der Waals surface area contributed by atoms with Crippen LogP contribution in [-0.4, -0.2) is 28.8 Å². The Morgan fingerprint density at radius 2 is 2.06 bits per heavy atom. The van der Waals surface area contributed by atoms with E-state index >= 15 is 0 Å². The van der Waals surface area contributed by atoms with Gasteiger partial charge in [-0.3, -0.25) is 4.90 Å². The second-order valence-corrected chi connectivity index (χ2v) is 4.18. The maximum Gasteiger partial charge on any atom is 0.408 e. The summed E-state index contributed by atoms with van der Waals surface area (Å²) in [6.07, 6.45) is 0.260. The molecule has 1 amide bonds. The molecule has 1 aromatic rings. The van der Waals surface area contributed by atoms with Crippen molar-refractivity contribution in [1.82, 2.24) is 4.90 Å². The fourth-order valence-corrected chi connectivity index (χ4v) is 2.26. The molecular weight excluding hydrogens is 204 g/mol. The van der Waals surface area contributed by atoms with E-state index in [1.165, 1.54) is 10.5 Å². The summed E-state index contributed by atoms with van der Waals surface area (Å²) in [5.41, 5.74) is 7.11. The Balaban J connectivity index is 2.05. The fourth-order valence-electron chi connectivity index (χ4n) is 2.26. The second kappa shape index (κ2) is 4.53. The molecule has 16 heavy (non-hydrogen) atoms. The number of likely N-dealkylation sites (tertiary alicyclic amines) is 1. The molecule has 0 aliphatic carbocycles. The van der Waals surface area contributed by atoms with Crippen molar-refractivity contribution in [3.63, 3.8) is 0 Å². The molecule has 1 aliphatic rings. The number of amides is 1. The van der Waals surface area contributed by atoms with Crippen molar-refractivity contribution in [2.45, 2.75) is 24.9 Å². The highest BCUT2D eigenvalue weighted by atomic mass is 16.4. The predicted octanol–water partition coefficient (Wildman–Crippen LogP) is 1.83. The summed E-state index contributed by atoms with van der Waals surface area (Å²) in [6, 6.07) is 10.1. The quantitative estimate of drug-likeness (QED) is 0.758. The number of hydrogen-bond donors (Lipinski definition) is 2. The molecule has 0 radical (unpaired) electrons. The van der Waals surface area contributed by atoms with Crippen LogP contribution in [0, 0.1) is 0 Å². The molecule has 4 nitrogen and oxygen atoms in total. The molecule has 1 fully saturated rings. The third-order valence-electron chi connectivity index (χ3n) is 3.16. The zero-order valence-corrected chi connectivity index (χ0v) is 9.04. The predicted molar refractivity (Wildman–Crippen MR) is 61.1 cm³/mol. The summed E-state index contributed by atoms with van der Waals surface area (Å²) in [6.45, 7) is 0.524. The van der Waals surface area contributed by atoms with Crippen molar-refractivity contribution >= 4 is 6.09 Å². The standard InChI is InChI=1S/C12H16N2O2/c13-11-8-10(6-7-14(11)12(15)16)9-4-2-1-3-5-9/h1-5,10-11H,6-8,13H2,(H,15,16). The Morgan fingerprint density at radius 3 is 2.62 bits per heavy atom. The lowest BCUT2D eigenvalue weighted by atomic mass is 9.88. The van der Waals surface area contributed by atoms with Gasteiger partial charge >= 0.3 is 6.09 Å². The van der Waals surface area contributed by atoms with Crippen LogP contribution in [0.25, 0.3) is 0 Å². The Labute approximate surface area is 94.7 Å². The number of nitrogens with zero attached hydrogens (tertiary/aromatic N) is 1. The van der Waals surface area contributed by atoms with Gasteiger partial charge in [-0.25, -0.2) is 4.79 Å². The Bertz CT molecular complexity index is 367. The molecule has 1 aromatic carbocycles. The lowest BCUT2D eigenvalue weighted by Gasteiger charge is -2.35. The molecule has 1 aliphatic heterocycles. The monoisotopic (exact) mass is 220 g/mol. The Morgan fingerprint density at radius 1 is 1.38 bits per heavy atom. The number of hydrogen-bond acceptors (Lipinski definition) is 2. The molecule has 4 heteroatoms. The molecule has 86 valence electrons. The number of benzene rings is 1. The zero-order valence-electron chi connectivity index (χ0n) is 9.04. The number of carbonyl (C=O) groups is 1. The van der Waals surface area contributed by atoms with E-state index < -0.39 is 6.09 Å². The van der Waals surface area contributed by atoms with E-state index in [1.54, 1.807) is 0 Å². The van der Waals surface area contributed by atoms with E-state index in [0.717, 1.165) is 6.42 Å². The van der Waals surface area contributed by atoms with E-state index in [1.807, 2.05) is 18.2 Å². The number of carboxylic acid groups (broad SMARTS) is 1. The minimum absolute atomic E-state index is 0.378. The molecule has 2 atom stereocenters. The van der Waals surface area contributed by atoms with Crippen LogP contribution in [0.1, 0.15) is 24.3 Å². The van der Waals surface area contributed by atoms with Crippen LogP contribution in [0.5, 0.6) is 0 Å². The van der Waals surface area contributed by atoms with Crippen molar-refractivity contribution in [3.8, 4) is 0 Å². The smallest absolute Gasteiger partial charge is 0.408 e. The van der Waals surface area contributed by atoms with Gasteiger partial charge in [0.05, 0.1) is 6.17 Å². The highest BCUT2D eigenvalue weighted by Gasteiger charge is 2.29. The summed E-state index contributed by atoms with van der Waals surface area (Å²) >= 11 is 0. The van der Waals surface area contributed by atoms with Crippen LogP contribution >= 0.6 is 0 Å². The third-order valence-corrected chi connectivity index (χ3v) is 3.16. The average Bonchev–Trinajstić information content (AvgIpc) is 2.29. The third kappa shape index (κ3) is 2.17. The van der Waals surface area contributed by atoms with E-state index in [4.69, 9.17) is 10.8 Å². The summed E-state index contributed by atoms with van der Waals surface area (Å²) in [4.78, 5) is 12.2. The first-order chi connectivity index (χ1) is 7.68. The lowest BCUT2D eigenvalue weighted by molar-refractivity contribution is 0.103. The SMILES string of the molecule is NC1CC(c2ccccc2)CCN1C(=O)O. The summed E-state index contributed by atoms with van der Waals surface area (Å²) in [7, 11) is 0. The van der Waals surface area contributed by atoms with Crippen molar-refractivity contribution < 1.29 is 9.90 Å². The molecule has 0 bridgehead atoms. The van der Waals surface area contributed by atoms with E-state index in [2.05, 4.69) is 12.1 Å². The van der Waals surface area contributed by atoms with Crippen LogP contribution in [0.2, 0.25) is 0 Å². The summed E-state index contributed by atoms with van der Waals surface area (Å²) in [5, 5.41) is 8.91. The molecule has 1 heterocycles. The number of piperidine rings is 1. The van der Waals surface area contributed by atoms with Crippen molar-refractivity contribution in [3.05, 3.63) is 35.9 Å². The van der Waals surface area contributed by atoms with Gasteiger partial charge in [0, 0.05) is 6.54 Å². The topological polar surface area (TPSA) is 66.6 Å². The summed E-state index contributed by atoms with van der Waals surface area (Å²) in [5.74, 6) is 0.381.